The molecule has 0 saturated carbocycles. The number of hydrogen-bond acceptors (Lipinski definition) is 6. The molecule has 7 nitrogen and oxygen atoms in total. The van der Waals surface area contributed by atoms with E-state index in [-0.39, 0.29) is 23.1 Å². The molecule has 34 heavy (non-hydrogen) atoms. The van der Waals surface area contributed by atoms with Crippen LogP contribution in [-0.4, -0.2) is 46.1 Å². The number of carbonyl (C=O) groups excluding carboxylic acids is 2. The zero-order chi connectivity index (χ0) is 24.2. The van der Waals surface area contributed by atoms with E-state index in [2.05, 4.69) is 12.2 Å². The fourth-order valence-electron chi connectivity index (χ4n) is 4.17. The van der Waals surface area contributed by atoms with Crippen LogP contribution in [0.15, 0.2) is 34.2 Å². The van der Waals surface area contributed by atoms with E-state index < -0.39 is 0 Å². The zero-order valence-electron chi connectivity index (χ0n) is 19.8. The molecule has 180 valence electrons. The fraction of sp³-hybridized carbons (Fsp3) is 0.440. The molecule has 2 amide bonds. The van der Waals surface area contributed by atoms with Gasteiger partial charge in [0.05, 0.1) is 11.1 Å². The second-order valence-corrected chi connectivity index (χ2v) is 10.7. The lowest BCUT2D eigenvalue weighted by Crippen LogP contribution is -2.24. The normalized spacial score (nSPS) is 12.7. The number of nitrogens with one attached hydrogen (secondary N) is 1. The first-order valence-electron chi connectivity index (χ1n) is 11.7. The van der Waals surface area contributed by atoms with Crippen LogP contribution >= 0.6 is 23.1 Å². The lowest BCUT2D eigenvalue weighted by atomic mass is 10.2. The van der Waals surface area contributed by atoms with Crippen molar-refractivity contribution in [3.05, 3.63) is 50.6 Å². The minimum atomic E-state index is -0.181. The molecule has 3 aromatic rings. The van der Waals surface area contributed by atoms with Gasteiger partial charge in [-0.25, -0.2) is 4.98 Å². The van der Waals surface area contributed by atoms with Crippen LogP contribution in [0.4, 0.5) is 5.69 Å². The Morgan fingerprint density at radius 2 is 1.94 bits per heavy atom. The molecule has 1 aromatic carbocycles. The highest BCUT2D eigenvalue weighted by Gasteiger charge is 2.23. The molecule has 0 spiro atoms. The van der Waals surface area contributed by atoms with Gasteiger partial charge in [-0.1, -0.05) is 31.5 Å². The predicted octanol–water partition coefficient (Wildman–Crippen LogP) is 4.57. The van der Waals surface area contributed by atoms with Gasteiger partial charge >= 0.3 is 0 Å². The maximum Gasteiger partial charge on any atom is 0.263 e. The van der Waals surface area contributed by atoms with Crippen molar-refractivity contribution in [2.24, 2.45) is 0 Å². The maximum atomic E-state index is 13.4. The third kappa shape index (κ3) is 5.20. The van der Waals surface area contributed by atoms with Crippen LogP contribution in [0.5, 0.6) is 0 Å². The molecule has 0 fully saturated rings. The third-order valence-electron chi connectivity index (χ3n) is 5.93. The molecule has 1 aliphatic carbocycles. The van der Waals surface area contributed by atoms with Crippen LogP contribution < -0.4 is 10.9 Å². The number of aromatic nitrogens is 2. The second-order valence-electron chi connectivity index (χ2n) is 8.71. The van der Waals surface area contributed by atoms with Crippen molar-refractivity contribution in [2.45, 2.75) is 57.1 Å². The quantitative estimate of drug-likeness (QED) is 0.265. The van der Waals surface area contributed by atoms with E-state index in [0.717, 1.165) is 48.7 Å². The molecule has 9 heteroatoms. The summed E-state index contributed by atoms with van der Waals surface area (Å²) in [6.45, 7) is 2.75. The first-order valence-corrected chi connectivity index (χ1v) is 13.5. The zero-order valence-corrected chi connectivity index (χ0v) is 21.5. The summed E-state index contributed by atoms with van der Waals surface area (Å²) in [5, 5.41) is 4.26. The van der Waals surface area contributed by atoms with Crippen molar-refractivity contribution in [2.75, 3.05) is 25.2 Å². The van der Waals surface area contributed by atoms with E-state index in [1.807, 2.05) is 0 Å². The van der Waals surface area contributed by atoms with Crippen LogP contribution in [0.25, 0.3) is 10.2 Å². The van der Waals surface area contributed by atoms with Crippen molar-refractivity contribution >= 4 is 50.8 Å². The lowest BCUT2D eigenvalue weighted by molar-refractivity contribution is -0.113. The molecule has 1 aliphatic rings. The number of hydrogen-bond donors (Lipinski definition) is 1. The Morgan fingerprint density at radius 1 is 1.18 bits per heavy atom. The van der Waals surface area contributed by atoms with E-state index in [1.54, 1.807) is 54.3 Å². The summed E-state index contributed by atoms with van der Waals surface area (Å²) in [6, 6.07) is 6.83. The number of carbonyl (C=O) groups is 2. The molecule has 2 heterocycles. The number of thiophene rings is 1. The maximum absolute atomic E-state index is 13.4. The van der Waals surface area contributed by atoms with Gasteiger partial charge in [0.15, 0.2) is 5.16 Å². The molecule has 4 rings (SSSR count). The van der Waals surface area contributed by atoms with E-state index >= 15 is 0 Å². The SMILES string of the molecule is CCCCCn1c(SCC(=O)Nc2ccc(C(=O)N(C)C)cc2)nc2sc3c(c2c1=O)CCC3. The van der Waals surface area contributed by atoms with Gasteiger partial charge in [0, 0.05) is 36.8 Å². The Balaban J connectivity index is 1.49. The van der Waals surface area contributed by atoms with Crippen molar-refractivity contribution in [3.8, 4) is 0 Å². The van der Waals surface area contributed by atoms with E-state index in [9.17, 15) is 14.4 Å². The van der Waals surface area contributed by atoms with Crippen LogP contribution in [0, 0.1) is 0 Å². The molecule has 0 bridgehead atoms. The second kappa shape index (κ2) is 10.7. The third-order valence-corrected chi connectivity index (χ3v) is 8.09. The van der Waals surface area contributed by atoms with E-state index in [0.29, 0.717) is 23.0 Å². The molecule has 1 N–H and O–H groups in total. The minimum Gasteiger partial charge on any atom is -0.345 e. The molecule has 0 aliphatic heterocycles. The Hall–Kier alpha value is -2.65. The van der Waals surface area contributed by atoms with Gasteiger partial charge in [0.25, 0.3) is 11.5 Å². The summed E-state index contributed by atoms with van der Waals surface area (Å²) < 4.78 is 1.77. The molecule has 2 aromatic heterocycles. The molecule has 0 radical (unpaired) electrons. The average Bonchev–Trinajstić information content (AvgIpc) is 3.40. The summed E-state index contributed by atoms with van der Waals surface area (Å²) >= 11 is 2.92. The molecule has 0 unspecified atom stereocenters. The van der Waals surface area contributed by atoms with Gasteiger partial charge in [-0.3, -0.25) is 19.0 Å². The smallest absolute Gasteiger partial charge is 0.263 e. The first-order chi connectivity index (χ1) is 16.4. The summed E-state index contributed by atoms with van der Waals surface area (Å²) in [4.78, 5) is 46.5. The van der Waals surface area contributed by atoms with Gasteiger partial charge in [-0.15, -0.1) is 11.3 Å². The van der Waals surface area contributed by atoms with Crippen molar-refractivity contribution in [1.82, 2.24) is 14.5 Å². The van der Waals surface area contributed by atoms with Gasteiger partial charge in [0.2, 0.25) is 5.91 Å². The number of unbranched alkanes of at least 4 members (excludes halogenated alkanes) is 2. The first kappa shape index (κ1) is 24.5. The lowest BCUT2D eigenvalue weighted by Gasteiger charge is -2.13. The van der Waals surface area contributed by atoms with Gasteiger partial charge in [0.1, 0.15) is 4.83 Å². The number of rotatable bonds is 9. The molecular formula is C25H30N4O3S2. The molecule has 0 saturated heterocycles. The van der Waals surface area contributed by atoms with E-state index in [4.69, 9.17) is 4.98 Å². The van der Waals surface area contributed by atoms with Gasteiger partial charge < -0.3 is 10.2 Å². The summed E-state index contributed by atoms with van der Waals surface area (Å²) in [5.74, 6) is -0.120. The van der Waals surface area contributed by atoms with Gasteiger partial charge in [-0.2, -0.15) is 0 Å². The standard InChI is InChI=1S/C25H30N4O3S2/c1-4-5-6-14-29-24(32)21-18-8-7-9-19(18)34-22(21)27-25(29)33-15-20(30)26-17-12-10-16(11-13-17)23(31)28(2)3/h10-13H,4-9,14-15H2,1-3H3,(H,26,30). The van der Waals surface area contributed by atoms with Crippen LogP contribution in [0.2, 0.25) is 0 Å². The van der Waals surface area contributed by atoms with E-state index in [1.165, 1.54) is 27.1 Å². The van der Waals surface area contributed by atoms with Crippen molar-refractivity contribution < 1.29 is 9.59 Å². The van der Waals surface area contributed by atoms with Gasteiger partial charge in [-0.05, 0) is 55.5 Å². The number of anilines is 1. The number of fused-ring (bicyclic) bond motifs is 3. The fourth-order valence-corrected chi connectivity index (χ4v) is 6.29. The predicted molar refractivity (Wildman–Crippen MR) is 139 cm³/mol. The molecular weight excluding hydrogens is 468 g/mol. The largest absolute Gasteiger partial charge is 0.345 e. The Kier molecular flexibility index (Phi) is 7.73. The van der Waals surface area contributed by atoms with Crippen LogP contribution in [0.1, 0.15) is 53.4 Å². The average molecular weight is 499 g/mol. The highest BCUT2D eigenvalue weighted by Crippen LogP contribution is 2.35. The number of thioether (sulfide) groups is 1. The molecule has 0 atom stereocenters. The minimum absolute atomic E-state index is 0.0320. The summed E-state index contributed by atoms with van der Waals surface area (Å²) in [7, 11) is 3.40. The Morgan fingerprint density at radius 3 is 2.65 bits per heavy atom. The van der Waals surface area contributed by atoms with Crippen LogP contribution in [-0.2, 0) is 24.2 Å². The number of aryl methyl sites for hydroxylation is 2. The Bertz CT molecular complexity index is 1260. The number of benzene rings is 1. The van der Waals surface area contributed by atoms with Crippen molar-refractivity contribution in [1.29, 1.82) is 0 Å². The summed E-state index contributed by atoms with van der Waals surface area (Å²) in [6.07, 6.45) is 6.11. The number of amides is 2. The topological polar surface area (TPSA) is 84.3 Å². The summed E-state index contributed by atoms with van der Waals surface area (Å²) in [5.41, 5.74) is 2.41. The Labute approximate surface area is 207 Å². The number of nitrogens with zero attached hydrogens (tertiary/aromatic N) is 3. The highest BCUT2D eigenvalue weighted by molar-refractivity contribution is 7.99. The highest BCUT2D eigenvalue weighted by atomic mass is 32.2. The monoisotopic (exact) mass is 498 g/mol. The van der Waals surface area contributed by atoms with Crippen molar-refractivity contribution in [3.63, 3.8) is 0 Å². The van der Waals surface area contributed by atoms with Crippen LogP contribution in [0.3, 0.4) is 0 Å².